The van der Waals surface area contributed by atoms with E-state index in [0.717, 1.165) is 31.2 Å². The second-order valence-corrected chi connectivity index (χ2v) is 13.9. The number of hydroxylamine groups is 2. The molecular weight excluding hydrogens is 513 g/mol. The summed E-state index contributed by atoms with van der Waals surface area (Å²) < 4.78 is 35.8. The molecular formula is C27H42NO9P. The van der Waals surface area contributed by atoms with Crippen LogP contribution in [-0.2, 0) is 56.7 Å². The maximum Gasteiger partial charge on any atom is 0.339 e. The van der Waals surface area contributed by atoms with Crippen molar-refractivity contribution in [3.05, 3.63) is 34.9 Å². The van der Waals surface area contributed by atoms with E-state index in [1.165, 1.54) is 11.1 Å². The molecule has 11 heteroatoms. The standard InChI is InChI=1S/C27H42NO9P/c1-26(2,3)24(30)34-18-36-38(33,37-19-35-25(31)27(4,5)6)22(14-15-28(32)17-29)16-21-12-9-11-20-10-7-8-13-23(20)21/h9,11-12,17,22,32H,7-8,10,13-16,18-19H2,1-6H3. The van der Waals surface area contributed by atoms with Gasteiger partial charge >= 0.3 is 19.5 Å². The highest BCUT2D eigenvalue weighted by Gasteiger charge is 2.39. The summed E-state index contributed by atoms with van der Waals surface area (Å²) in [6.45, 7) is 8.64. The number of aryl methyl sites for hydroxylation is 1. The average molecular weight is 556 g/mol. The van der Waals surface area contributed by atoms with Gasteiger partial charge in [0.15, 0.2) is 0 Å². The van der Waals surface area contributed by atoms with Crippen molar-refractivity contribution in [1.82, 2.24) is 5.06 Å². The molecule has 0 aliphatic heterocycles. The molecule has 1 N–H and O–H groups in total. The molecule has 38 heavy (non-hydrogen) atoms. The SMILES string of the molecule is CC(C)(C)C(=O)OCOP(=O)(OCOC(=O)C(C)(C)C)C(CCN(O)C=O)Cc1cccc2c1CCCC2. The van der Waals surface area contributed by atoms with Gasteiger partial charge in [-0.2, -0.15) is 0 Å². The van der Waals surface area contributed by atoms with Crippen LogP contribution in [0.3, 0.4) is 0 Å². The highest BCUT2D eigenvalue weighted by atomic mass is 31.2. The van der Waals surface area contributed by atoms with Crippen LogP contribution in [0.5, 0.6) is 0 Å². The second-order valence-electron chi connectivity index (χ2n) is 11.6. The molecule has 1 aliphatic carbocycles. The van der Waals surface area contributed by atoms with Crippen molar-refractivity contribution in [2.45, 2.75) is 85.7 Å². The predicted octanol–water partition coefficient (Wildman–Crippen LogP) is 5.03. The van der Waals surface area contributed by atoms with Gasteiger partial charge < -0.3 is 9.47 Å². The number of hydrogen-bond acceptors (Lipinski definition) is 9. The summed E-state index contributed by atoms with van der Waals surface area (Å²) in [4.78, 5) is 35.5. The second kappa shape index (κ2) is 13.7. The number of amides is 1. The van der Waals surface area contributed by atoms with Gasteiger partial charge in [0, 0.05) is 6.54 Å². The Bertz CT molecular complexity index is 977. The van der Waals surface area contributed by atoms with Crippen molar-refractivity contribution in [1.29, 1.82) is 0 Å². The maximum absolute atomic E-state index is 14.2. The molecule has 1 unspecified atom stereocenters. The normalized spacial score (nSPS) is 14.8. The number of carbonyl (C=O) groups is 3. The zero-order chi connectivity index (χ0) is 28.6. The minimum Gasteiger partial charge on any atom is -0.438 e. The van der Waals surface area contributed by atoms with Crippen molar-refractivity contribution in [3.8, 4) is 0 Å². The third kappa shape index (κ3) is 9.49. The third-order valence-electron chi connectivity index (χ3n) is 6.28. The molecule has 1 aromatic carbocycles. The van der Waals surface area contributed by atoms with Crippen molar-refractivity contribution in [3.63, 3.8) is 0 Å². The van der Waals surface area contributed by atoms with E-state index in [9.17, 15) is 24.2 Å². The van der Waals surface area contributed by atoms with Crippen molar-refractivity contribution in [2.75, 3.05) is 20.1 Å². The quantitative estimate of drug-likeness (QED) is 0.0889. The first-order valence-electron chi connectivity index (χ1n) is 12.9. The fraction of sp³-hybridized carbons (Fsp3) is 0.667. The predicted molar refractivity (Wildman–Crippen MR) is 140 cm³/mol. The van der Waals surface area contributed by atoms with E-state index >= 15 is 0 Å². The summed E-state index contributed by atoms with van der Waals surface area (Å²) in [6.07, 6.45) is 4.55. The smallest absolute Gasteiger partial charge is 0.339 e. The van der Waals surface area contributed by atoms with Crippen LogP contribution in [0.25, 0.3) is 0 Å². The van der Waals surface area contributed by atoms with E-state index in [-0.39, 0.29) is 25.8 Å². The van der Waals surface area contributed by atoms with E-state index in [0.29, 0.717) is 5.06 Å². The molecule has 1 amide bonds. The first-order valence-corrected chi connectivity index (χ1v) is 14.5. The van der Waals surface area contributed by atoms with Gasteiger partial charge in [-0.15, -0.1) is 0 Å². The lowest BCUT2D eigenvalue weighted by Crippen LogP contribution is -2.28. The molecule has 0 saturated heterocycles. The molecule has 0 fully saturated rings. The van der Waals surface area contributed by atoms with Gasteiger partial charge in [-0.1, -0.05) is 18.2 Å². The Morgan fingerprint density at radius 1 is 1.00 bits per heavy atom. The summed E-state index contributed by atoms with van der Waals surface area (Å²) in [5.41, 5.74) is 0.936. The van der Waals surface area contributed by atoms with Gasteiger partial charge in [0.1, 0.15) is 0 Å². The van der Waals surface area contributed by atoms with Crippen molar-refractivity contribution < 1.29 is 42.7 Å². The zero-order valence-electron chi connectivity index (χ0n) is 23.4. The van der Waals surface area contributed by atoms with Gasteiger partial charge in [-0.25, -0.2) is 5.06 Å². The van der Waals surface area contributed by atoms with Crippen LogP contribution >= 0.6 is 7.60 Å². The van der Waals surface area contributed by atoms with Crippen LogP contribution in [0.2, 0.25) is 0 Å². The monoisotopic (exact) mass is 555 g/mol. The number of ether oxygens (including phenoxy) is 2. The zero-order valence-corrected chi connectivity index (χ0v) is 24.3. The van der Waals surface area contributed by atoms with Crippen molar-refractivity contribution in [2.24, 2.45) is 10.8 Å². The van der Waals surface area contributed by atoms with Crippen LogP contribution in [0, 0.1) is 10.8 Å². The van der Waals surface area contributed by atoms with E-state index < -0.39 is 49.6 Å². The fourth-order valence-electron chi connectivity index (χ4n) is 4.00. The van der Waals surface area contributed by atoms with Gasteiger partial charge in [0.25, 0.3) is 0 Å². The van der Waals surface area contributed by atoms with Gasteiger partial charge in [-0.05, 0) is 96.8 Å². The number of esters is 2. The minimum absolute atomic E-state index is 0.0522. The molecule has 0 bridgehead atoms. The Balaban J connectivity index is 2.34. The molecule has 1 atom stereocenters. The van der Waals surface area contributed by atoms with Gasteiger partial charge in [-0.3, -0.25) is 33.2 Å². The number of fused-ring (bicyclic) bond motifs is 1. The van der Waals surface area contributed by atoms with E-state index in [1.54, 1.807) is 41.5 Å². The van der Waals surface area contributed by atoms with Crippen LogP contribution < -0.4 is 0 Å². The van der Waals surface area contributed by atoms with Crippen LogP contribution in [0.4, 0.5) is 0 Å². The van der Waals surface area contributed by atoms with E-state index in [2.05, 4.69) is 6.07 Å². The van der Waals surface area contributed by atoms with Gasteiger partial charge in [0.2, 0.25) is 20.0 Å². The molecule has 2 rings (SSSR count). The van der Waals surface area contributed by atoms with Crippen molar-refractivity contribution >= 4 is 25.9 Å². The number of rotatable bonds is 13. The number of hydrogen-bond donors (Lipinski definition) is 1. The summed E-state index contributed by atoms with van der Waals surface area (Å²) >= 11 is 0. The van der Waals surface area contributed by atoms with E-state index in [1.807, 2.05) is 12.1 Å². The Labute approximate surface area is 225 Å². The first-order chi connectivity index (χ1) is 17.7. The summed E-state index contributed by atoms with van der Waals surface area (Å²) in [7, 11) is -4.12. The minimum atomic E-state index is -4.12. The molecule has 0 heterocycles. The molecule has 0 spiro atoms. The topological polar surface area (TPSA) is 129 Å². The van der Waals surface area contributed by atoms with Crippen LogP contribution in [0.15, 0.2) is 18.2 Å². The lowest BCUT2D eigenvalue weighted by Gasteiger charge is -2.29. The molecule has 0 saturated carbocycles. The molecule has 0 radical (unpaired) electrons. The molecule has 1 aromatic rings. The molecule has 1 aliphatic rings. The van der Waals surface area contributed by atoms with Crippen LogP contribution in [0.1, 0.15) is 77.5 Å². The summed E-state index contributed by atoms with van der Waals surface area (Å²) in [6, 6.07) is 5.99. The van der Waals surface area contributed by atoms with Crippen LogP contribution in [-0.4, -0.2) is 54.4 Å². The average Bonchev–Trinajstić information content (AvgIpc) is 2.85. The van der Waals surface area contributed by atoms with E-state index in [4.69, 9.17) is 18.5 Å². The highest BCUT2D eigenvalue weighted by molar-refractivity contribution is 7.54. The Morgan fingerprint density at radius 2 is 1.55 bits per heavy atom. The fourth-order valence-corrected chi connectivity index (χ4v) is 5.75. The van der Waals surface area contributed by atoms with Gasteiger partial charge in [0.05, 0.1) is 16.5 Å². The lowest BCUT2D eigenvalue weighted by atomic mass is 9.86. The Kier molecular flexibility index (Phi) is 11.5. The third-order valence-corrected chi connectivity index (χ3v) is 8.54. The largest absolute Gasteiger partial charge is 0.438 e. The molecule has 10 nitrogen and oxygen atoms in total. The lowest BCUT2D eigenvalue weighted by molar-refractivity contribution is -0.162. The first kappa shape index (κ1) is 32.0. The molecule has 0 aromatic heterocycles. The highest BCUT2D eigenvalue weighted by Crippen LogP contribution is 2.56. The Hall–Kier alpha value is -2.26. The molecule has 214 valence electrons. The number of benzene rings is 1. The Morgan fingerprint density at radius 3 is 2.08 bits per heavy atom. The number of nitrogens with zero attached hydrogens (tertiary/aromatic N) is 1. The summed E-state index contributed by atoms with van der Waals surface area (Å²) in [5, 5.41) is 10.2. The number of carbonyl (C=O) groups excluding carboxylic acids is 3. The maximum atomic E-state index is 14.2. The summed E-state index contributed by atoms with van der Waals surface area (Å²) in [5.74, 6) is -1.11.